The molecule has 1 aliphatic rings. The molecule has 0 bridgehead atoms. The Balaban J connectivity index is 2.30. The minimum atomic E-state index is 0.775. The predicted octanol–water partition coefficient (Wildman–Crippen LogP) is 2.98. The van der Waals surface area contributed by atoms with E-state index in [4.69, 9.17) is 0 Å². The van der Waals surface area contributed by atoms with Crippen LogP contribution in [0.2, 0.25) is 0 Å². The van der Waals surface area contributed by atoms with E-state index in [1.165, 1.54) is 43.6 Å². The largest absolute Gasteiger partial charge is 0.118 e. The minimum absolute atomic E-state index is 0.775. The van der Waals surface area contributed by atoms with Crippen molar-refractivity contribution in [2.24, 2.45) is 0 Å². The fourth-order valence-electron chi connectivity index (χ4n) is 2.07. The van der Waals surface area contributed by atoms with Crippen molar-refractivity contribution in [1.29, 1.82) is 0 Å². The van der Waals surface area contributed by atoms with Crippen molar-refractivity contribution < 1.29 is 0 Å². The van der Waals surface area contributed by atoms with Gasteiger partial charge in [-0.15, -0.1) is 0 Å². The van der Waals surface area contributed by atoms with Gasteiger partial charge >= 0.3 is 0 Å². The van der Waals surface area contributed by atoms with Crippen LogP contribution in [0.25, 0.3) is 0 Å². The summed E-state index contributed by atoms with van der Waals surface area (Å²) < 4.78 is 0. The maximum Gasteiger partial charge on any atom is 0.118 e. The van der Waals surface area contributed by atoms with Crippen molar-refractivity contribution in [2.75, 3.05) is 11.5 Å². The second kappa shape index (κ2) is 5.08. The summed E-state index contributed by atoms with van der Waals surface area (Å²) in [4.78, 5) is 0. The molecule has 0 unspecified atom stereocenters. The zero-order chi connectivity index (χ0) is 8.10. The maximum atomic E-state index is 2.36. The molecule has 1 heteroatoms. The zero-order valence-electron chi connectivity index (χ0n) is 7.94. The van der Waals surface area contributed by atoms with E-state index in [2.05, 4.69) is 13.8 Å². The first-order valence-electron chi connectivity index (χ1n) is 5.04. The molecule has 1 rings (SSSR count). The Kier molecular flexibility index (Phi) is 4.36. The first-order valence-corrected chi connectivity index (χ1v) is 6.67. The summed E-state index contributed by atoms with van der Waals surface area (Å²) in [6.45, 7) is 4.72. The summed E-state index contributed by atoms with van der Waals surface area (Å²) in [6.07, 6.45) is 7.58. The summed E-state index contributed by atoms with van der Waals surface area (Å²) in [5.74, 6) is 2.86. The lowest BCUT2D eigenvalue weighted by atomic mass is 10.0. The van der Waals surface area contributed by atoms with Crippen LogP contribution in [-0.2, 0) is 10.9 Å². The molecule has 0 aromatic heterocycles. The molecule has 0 aromatic rings. The van der Waals surface area contributed by atoms with Gasteiger partial charge in [-0.1, -0.05) is 6.42 Å². The molecule has 0 heterocycles. The van der Waals surface area contributed by atoms with Crippen molar-refractivity contribution in [1.82, 2.24) is 0 Å². The van der Waals surface area contributed by atoms with Gasteiger partial charge in [-0.05, 0) is 50.4 Å². The maximum absolute atomic E-state index is 2.36. The monoisotopic (exact) mass is 173 g/mol. The number of hydrogen-bond donors (Lipinski definition) is 0. The van der Waals surface area contributed by atoms with Gasteiger partial charge in [-0.3, -0.25) is 0 Å². The highest BCUT2D eigenvalue weighted by molar-refractivity contribution is 7.97. The molecule has 0 saturated heterocycles. The van der Waals surface area contributed by atoms with Crippen LogP contribution in [0.4, 0.5) is 0 Å². The Morgan fingerprint density at radius 3 is 2.00 bits per heavy atom. The predicted molar refractivity (Wildman–Crippen MR) is 55.3 cm³/mol. The van der Waals surface area contributed by atoms with Crippen molar-refractivity contribution in [3.63, 3.8) is 0 Å². The fourth-order valence-corrected chi connectivity index (χ4v) is 4.43. The SMILES string of the molecule is CC[S+](CC)C1CCCCC1. The van der Waals surface area contributed by atoms with Crippen molar-refractivity contribution in [2.45, 2.75) is 51.2 Å². The lowest BCUT2D eigenvalue weighted by molar-refractivity contribution is 0.513. The van der Waals surface area contributed by atoms with E-state index >= 15 is 0 Å². The van der Waals surface area contributed by atoms with Crippen LogP contribution in [0, 0.1) is 0 Å². The number of rotatable bonds is 3. The molecule has 66 valence electrons. The van der Waals surface area contributed by atoms with Crippen LogP contribution in [0.15, 0.2) is 0 Å². The van der Waals surface area contributed by atoms with Gasteiger partial charge in [-0.2, -0.15) is 0 Å². The molecule has 0 aliphatic heterocycles. The molecular weight excluding hydrogens is 152 g/mol. The highest BCUT2D eigenvalue weighted by Gasteiger charge is 2.28. The quantitative estimate of drug-likeness (QED) is 0.576. The molecular formula is C10H21S+. The first-order chi connectivity index (χ1) is 5.38. The average molecular weight is 173 g/mol. The summed E-state index contributed by atoms with van der Waals surface area (Å²) in [5, 5.41) is 1.11. The Bertz CT molecular complexity index is 91.0. The van der Waals surface area contributed by atoms with E-state index < -0.39 is 0 Å². The Labute approximate surface area is 74.1 Å². The van der Waals surface area contributed by atoms with E-state index in [1.807, 2.05) is 0 Å². The van der Waals surface area contributed by atoms with E-state index in [9.17, 15) is 0 Å². The van der Waals surface area contributed by atoms with Crippen molar-refractivity contribution >= 4 is 10.9 Å². The molecule has 1 saturated carbocycles. The highest BCUT2D eigenvalue weighted by atomic mass is 32.2. The second-order valence-corrected chi connectivity index (χ2v) is 6.27. The van der Waals surface area contributed by atoms with E-state index in [1.54, 1.807) is 0 Å². The smallest absolute Gasteiger partial charge is 0.0529 e. The standard InChI is InChI=1S/C10H21S/c1-3-11(4-2)10-8-6-5-7-9-10/h10H,3-9H2,1-2H3/q+1. The van der Waals surface area contributed by atoms with Gasteiger partial charge in [-0.25, -0.2) is 0 Å². The van der Waals surface area contributed by atoms with Gasteiger partial charge in [0.1, 0.15) is 16.8 Å². The van der Waals surface area contributed by atoms with Crippen molar-refractivity contribution in [3.8, 4) is 0 Å². The lowest BCUT2D eigenvalue weighted by Crippen LogP contribution is -2.27. The van der Waals surface area contributed by atoms with Crippen molar-refractivity contribution in [3.05, 3.63) is 0 Å². The van der Waals surface area contributed by atoms with Gasteiger partial charge < -0.3 is 0 Å². The van der Waals surface area contributed by atoms with Gasteiger partial charge in [0.15, 0.2) is 0 Å². The van der Waals surface area contributed by atoms with E-state index in [-0.39, 0.29) is 0 Å². The molecule has 1 aliphatic carbocycles. The third kappa shape index (κ3) is 2.70. The Morgan fingerprint density at radius 1 is 1.00 bits per heavy atom. The van der Waals surface area contributed by atoms with Crippen LogP contribution < -0.4 is 0 Å². The molecule has 11 heavy (non-hydrogen) atoms. The van der Waals surface area contributed by atoms with E-state index in [0.717, 1.165) is 16.1 Å². The van der Waals surface area contributed by atoms with Crippen LogP contribution in [0.1, 0.15) is 46.0 Å². The normalized spacial score (nSPS) is 21.0. The van der Waals surface area contributed by atoms with Crippen LogP contribution in [-0.4, -0.2) is 16.8 Å². The summed E-state index contributed by atoms with van der Waals surface area (Å²) in [6, 6.07) is 0. The van der Waals surface area contributed by atoms with Gasteiger partial charge in [0.05, 0.1) is 0 Å². The van der Waals surface area contributed by atoms with Crippen LogP contribution in [0.3, 0.4) is 0 Å². The first kappa shape index (κ1) is 9.44. The topological polar surface area (TPSA) is 0 Å². The fraction of sp³-hybridized carbons (Fsp3) is 1.00. The number of hydrogen-bond acceptors (Lipinski definition) is 0. The molecule has 0 N–H and O–H groups in total. The summed E-state index contributed by atoms with van der Waals surface area (Å²) in [5.41, 5.74) is 0. The molecule has 1 fully saturated rings. The van der Waals surface area contributed by atoms with Gasteiger partial charge in [0, 0.05) is 0 Å². The molecule has 0 amide bonds. The van der Waals surface area contributed by atoms with Crippen LogP contribution >= 0.6 is 0 Å². The molecule has 0 radical (unpaired) electrons. The minimum Gasteiger partial charge on any atom is -0.0529 e. The van der Waals surface area contributed by atoms with Gasteiger partial charge in [0.2, 0.25) is 0 Å². The third-order valence-corrected chi connectivity index (χ3v) is 5.66. The molecule has 0 aromatic carbocycles. The van der Waals surface area contributed by atoms with Gasteiger partial charge in [0.25, 0.3) is 0 Å². The molecule has 0 nitrogen and oxygen atoms in total. The highest BCUT2D eigenvalue weighted by Crippen LogP contribution is 2.25. The zero-order valence-corrected chi connectivity index (χ0v) is 8.75. The van der Waals surface area contributed by atoms with Crippen LogP contribution in [0.5, 0.6) is 0 Å². The summed E-state index contributed by atoms with van der Waals surface area (Å²) >= 11 is 0. The molecule has 0 spiro atoms. The molecule has 0 atom stereocenters. The lowest BCUT2D eigenvalue weighted by Gasteiger charge is -2.21. The average Bonchev–Trinajstić information content (AvgIpc) is 2.09. The Morgan fingerprint density at radius 2 is 1.55 bits per heavy atom. The Hall–Kier alpha value is 0.350. The second-order valence-electron chi connectivity index (χ2n) is 3.37. The van der Waals surface area contributed by atoms with E-state index in [0.29, 0.717) is 0 Å². The third-order valence-electron chi connectivity index (χ3n) is 2.77. The summed E-state index contributed by atoms with van der Waals surface area (Å²) in [7, 11) is 0.775.